The Hall–Kier alpha value is -2.93. The number of fused-ring (bicyclic) bond motifs is 1. The lowest BCUT2D eigenvalue weighted by molar-refractivity contribution is -0.123. The number of nitrogens with zero attached hydrogens (tertiary/aromatic N) is 2. The number of aromatic nitrogens is 1. The first kappa shape index (κ1) is 17.5. The molecule has 0 aliphatic carbocycles. The van der Waals surface area contributed by atoms with Crippen LogP contribution in [-0.4, -0.2) is 34.8 Å². The van der Waals surface area contributed by atoms with Crippen molar-refractivity contribution in [2.45, 2.75) is 12.8 Å². The number of likely N-dealkylation sites (tertiary alicyclic amines) is 1. The highest BCUT2D eigenvalue weighted by molar-refractivity contribution is 7.21. The number of hydrogen-bond acceptors (Lipinski definition) is 5. The van der Waals surface area contributed by atoms with Crippen molar-refractivity contribution in [2.24, 2.45) is 11.7 Å². The van der Waals surface area contributed by atoms with E-state index in [1.165, 1.54) is 11.3 Å². The number of hydrogen-bond donors (Lipinski definition) is 2. The van der Waals surface area contributed by atoms with Gasteiger partial charge in [-0.15, -0.1) is 11.3 Å². The van der Waals surface area contributed by atoms with Crippen LogP contribution in [0.15, 0.2) is 42.5 Å². The first-order chi connectivity index (χ1) is 13.0. The number of primary amides is 1. The van der Waals surface area contributed by atoms with Crippen molar-refractivity contribution in [1.29, 1.82) is 0 Å². The third-order valence-electron chi connectivity index (χ3n) is 5.04. The highest BCUT2D eigenvalue weighted by Crippen LogP contribution is 2.35. The Morgan fingerprint density at radius 1 is 1.07 bits per heavy atom. The maximum Gasteiger partial charge on any atom is 0.266 e. The molecule has 3 heterocycles. The second kappa shape index (κ2) is 7.00. The van der Waals surface area contributed by atoms with Gasteiger partial charge in [0.15, 0.2) is 0 Å². The molecule has 138 valence electrons. The third kappa shape index (κ3) is 3.26. The maximum absolute atomic E-state index is 12.9. The Bertz CT molecular complexity index is 1010. The molecule has 1 aliphatic rings. The molecule has 0 radical (unpaired) electrons. The molecule has 2 amide bonds. The number of pyridine rings is 1. The van der Waals surface area contributed by atoms with E-state index >= 15 is 0 Å². The van der Waals surface area contributed by atoms with Crippen LogP contribution < -0.4 is 11.5 Å². The van der Waals surface area contributed by atoms with Crippen LogP contribution in [0.1, 0.15) is 22.5 Å². The summed E-state index contributed by atoms with van der Waals surface area (Å²) < 4.78 is 0. The average molecular weight is 380 g/mol. The van der Waals surface area contributed by atoms with Gasteiger partial charge in [-0.1, -0.05) is 30.3 Å². The second-order valence-corrected chi connectivity index (χ2v) is 7.73. The number of anilines is 1. The number of nitrogen functional groups attached to an aromatic ring is 1. The monoisotopic (exact) mass is 380 g/mol. The summed E-state index contributed by atoms with van der Waals surface area (Å²) in [5.41, 5.74) is 14.0. The van der Waals surface area contributed by atoms with Crippen LogP contribution in [-0.2, 0) is 4.79 Å². The van der Waals surface area contributed by atoms with Crippen molar-refractivity contribution in [3.8, 4) is 11.3 Å². The minimum absolute atomic E-state index is 0.0975. The van der Waals surface area contributed by atoms with Crippen LogP contribution in [0.3, 0.4) is 0 Å². The molecule has 7 heteroatoms. The number of nitrogens with two attached hydrogens (primary N) is 2. The topological polar surface area (TPSA) is 102 Å². The Labute approximate surface area is 160 Å². The van der Waals surface area contributed by atoms with E-state index in [-0.39, 0.29) is 17.7 Å². The van der Waals surface area contributed by atoms with Crippen molar-refractivity contribution in [2.75, 3.05) is 18.8 Å². The molecule has 0 bridgehead atoms. The van der Waals surface area contributed by atoms with Gasteiger partial charge in [0.05, 0.1) is 11.4 Å². The summed E-state index contributed by atoms with van der Waals surface area (Å²) in [6.07, 6.45) is 1.20. The van der Waals surface area contributed by atoms with Crippen molar-refractivity contribution < 1.29 is 9.59 Å². The molecule has 0 unspecified atom stereocenters. The first-order valence-corrected chi connectivity index (χ1v) is 9.69. The summed E-state index contributed by atoms with van der Waals surface area (Å²) in [5, 5.41) is 0.801. The van der Waals surface area contributed by atoms with Gasteiger partial charge in [0.25, 0.3) is 5.91 Å². The summed E-state index contributed by atoms with van der Waals surface area (Å²) in [5.74, 6) is -0.537. The van der Waals surface area contributed by atoms with Gasteiger partial charge in [0.2, 0.25) is 5.91 Å². The standard InChI is InChI=1S/C20H20N4O2S/c21-16-14-6-7-15(12-4-2-1-3-5-12)23-19(14)27-17(16)20(26)24-10-8-13(9-11-24)18(22)25/h1-7,13H,8-11,21H2,(H2,22,25). The molecule has 1 fully saturated rings. The number of thiophene rings is 1. The van der Waals surface area contributed by atoms with E-state index in [0.717, 1.165) is 21.5 Å². The largest absolute Gasteiger partial charge is 0.397 e. The molecule has 1 aromatic carbocycles. The van der Waals surface area contributed by atoms with Crippen LogP contribution in [0.25, 0.3) is 21.5 Å². The van der Waals surface area contributed by atoms with Crippen LogP contribution in [0, 0.1) is 5.92 Å². The zero-order valence-electron chi connectivity index (χ0n) is 14.7. The Kier molecular flexibility index (Phi) is 4.53. The number of piperidine rings is 1. The smallest absolute Gasteiger partial charge is 0.266 e. The quantitative estimate of drug-likeness (QED) is 0.729. The van der Waals surface area contributed by atoms with Gasteiger partial charge in [-0.05, 0) is 25.0 Å². The fraction of sp³-hybridized carbons (Fsp3) is 0.250. The zero-order chi connectivity index (χ0) is 19.0. The van der Waals surface area contributed by atoms with E-state index in [1.54, 1.807) is 4.90 Å². The molecular weight excluding hydrogens is 360 g/mol. The van der Waals surface area contributed by atoms with Gasteiger partial charge in [0.1, 0.15) is 9.71 Å². The van der Waals surface area contributed by atoms with Gasteiger partial charge >= 0.3 is 0 Å². The number of benzene rings is 1. The van der Waals surface area contributed by atoms with Gasteiger partial charge in [-0.2, -0.15) is 0 Å². The Balaban J connectivity index is 1.62. The maximum atomic E-state index is 12.9. The predicted octanol–water partition coefficient (Wildman–Crippen LogP) is 2.88. The van der Waals surface area contributed by atoms with Gasteiger partial charge in [-0.25, -0.2) is 4.98 Å². The lowest BCUT2D eigenvalue weighted by atomic mass is 9.96. The van der Waals surface area contributed by atoms with Crippen LogP contribution in [0.5, 0.6) is 0 Å². The molecule has 6 nitrogen and oxygen atoms in total. The van der Waals surface area contributed by atoms with E-state index in [0.29, 0.717) is 36.5 Å². The summed E-state index contributed by atoms with van der Waals surface area (Å²) in [7, 11) is 0. The van der Waals surface area contributed by atoms with Crippen molar-refractivity contribution in [3.63, 3.8) is 0 Å². The third-order valence-corrected chi connectivity index (χ3v) is 6.15. The number of amides is 2. The van der Waals surface area contributed by atoms with E-state index in [4.69, 9.17) is 16.5 Å². The van der Waals surface area contributed by atoms with Gasteiger partial charge in [-0.3, -0.25) is 9.59 Å². The highest BCUT2D eigenvalue weighted by Gasteiger charge is 2.29. The normalized spacial score (nSPS) is 15.2. The molecular formula is C20H20N4O2S. The first-order valence-electron chi connectivity index (χ1n) is 8.87. The Morgan fingerprint density at radius 3 is 2.44 bits per heavy atom. The summed E-state index contributed by atoms with van der Waals surface area (Å²) >= 11 is 1.32. The molecule has 0 atom stereocenters. The van der Waals surface area contributed by atoms with Crippen LogP contribution >= 0.6 is 11.3 Å². The van der Waals surface area contributed by atoms with Crippen LogP contribution in [0.2, 0.25) is 0 Å². The Morgan fingerprint density at radius 2 is 1.78 bits per heavy atom. The average Bonchev–Trinajstić information content (AvgIpc) is 3.04. The molecule has 0 spiro atoms. The summed E-state index contributed by atoms with van der Waals surface area (Å²) in [6.45, 7) is 1.03. The van der Waals surface area contributed by atoms with Crippen LogP contribution in [0.4, 0.5) is 5.69 Å². The van der Waals surface area contributed by atoms with E-state index < -0.39 is 0 Å². The summed E-state index contributed by atoms with van der Waals surface area (Å²) in [4.78, 5) is 32.0. The van der Waals surface area contributed by atoms with E-state index in [9.17, 15) is 9.59 Å². The molecule has 27 heavy (non-hydrogen) atoms. The number of carbonyl (C=O) groups is 2. The fourth-order valence-electron chi connectivity index (χ4n) is 3.44. The second-order valence-electron chi connectivity index (χ2n) is 6.73. The highest BCUT2D eigenvalue weighted by atomic mass is 32.1. The molecule has 1 aliphatic heterocycles. The minimum Gasteiger partial charge on any atom is -0.397 e. The minimum atomic E-state index is -0.291. The SMILES string of the molecule is NC(=O)C1CCN(C(=O)c2sc3nc(-c4ccccc4)ccc3c2N)CC1. The molecule has 4 N–H and O–H groups in total. The lowest BCUT2D eigenvalue weighted by Gasteiger charge is -2.30. The molecule has 4 rings (SSSR count). The molecule has 3 aromatic rings. The van der Waals surface area contributed by atoms with Gasteiger partial charge < -0.3 is 16.4 Å². The van der Waals surface area contributed by atoms with Gasteiger partial charge in [0, 0.05) is 30.0 Å². The van der Waals surface area contributed by atoms with Crippen molar-refractivity contribution >= 4 is 39.1 Å². The fourth-order valence-corrected chi connectivity index (χ4v) is 4.50. The lowest BCUT2D eigenvalue weighted by Crippen LogP contribution is -2.41. The number of rotatable bonds is 3. The summed E-state index contributed by atoms with van der Waals surface area (Å²) in [6, 6.07) is 13.7. The van der Waals surface area contributed by atoms with Crippen molar-refractivity contribution in [1.82, 2.24) is 9.88 Å². The molecule has 0 saturated carbocycles. The molecule has 2 aromatic heterocycles. The predicted molar refractivity (Wildman–Crippen MR) is 107 cm³/mol. The van der Waals surface area contributed by atoms with Crippen molar-refractivity contribution in [3.05, 3.63) is 47.3 Å². The molecule has 1 saturated heterocycles. The zero-order valence-corrected chi connectivity index (χ0v) is 15.5. The van der Waals surface area contributed by atoms with E-state index in [1.807, 2.05) is 42.5 Å². The number of carbonyl (C=O) groups excluding carboxylic acids is 2. The van der Waals surface area contributed by atoms with E-state index in [2.05, 4.69) is 0 Å².